The van der Waals surface area contributed by atoms with Gasteiger partial charge >= 0.3 is 0 Å². The summed E-state index contributed by atoms with van der Waals surface area (Å²) in [4.78, 5) is 2.50. The molecule has 1 spiro atoms. The maximum atomic E-state index is 11.9. The molecule has 26 heavy (non-hydrogen) atoms. The van der Waals surface area contributed by atoms with Crippen molar-refractivity contribution in [3.63, 3.8) is 0 Å². The first-order chi connectivity index (χ1) is 12.3. The number of likely N-dealkylation sites (tertiary alicyclic amines) is 1. The minimum atomic E-state index is -3.14. The van der Waals surface area contributed by atoms with Crippen molar-refractivity contribution in [1.29, 1.82) is 0 Å². The summed E-state index contributed by atoms with van der Waals surface area (Å²) in [5.41, 5.74) is 3.97. The summed E-state index contributed by atoms with van der Waals surface area (Å²) in [5.74, 6) is 0.877. The Morgan fingerprint density at radius 3 is 2.85 bits per heavy atom. The number of hydrogen-bond donors (Lipinski definition) is 1. The van der Waals surface area contributed by atoms with Crippen LogP contribution in [0.5, 0.6) is 0 Å². The Bertz CT molecular complexity index is 794. The van der Waals surface area contributed by atoms with Crippen LogP contribution in [-0.4, -0.2) is 50.4 Å². The van der Waals surface area contributed by atoms with Crippen molar-refractivity contribution in [3.8, 4) is 0 Å². The SMILES string of the molecule is CCS(=O)(=O)NC[C@H]1[C@H]2CN(Cc3ccc(C)c(C)c3)C[C@]23CC[C@H]1O3. The van der Waals surface area contributed by atoms with E-state index in [-0.39, 0.29) is 17.5 Å². The van der Waals surface area contributed by atoms with Crippen molar-refractivity contribution in [2.45, 2.75) is 51.9 Å². The Balaban J connectivity index is 1.45. The molecule has 4 atom stereocenters. The maximum Gasteiger partial charge on any atom is 0.211 e. The molecule has 1 N–H and O–H groups in total. The Labute approximate surface area is 157 Å². The van der Waals surface area contributed by atoms with E-state index in [1.165, 1.54) is 16.7 Å². The minimum absolute atomic E-state index is 0.0489. The fourth-order valence-electron chi connectivity index (χ4n) is 5.17. The van der Waals surface area contributed by atoms with Crippen LogP contribution in [0.15, 0.2) is 18.2 Å². The van der Waals surface area contributed by atoms with Gasteiger partial charge in [0.05, 0.1) is 17.5 Å². The molecule has 1 aromatic carbocycles. The Morgan fingerprint density at radius 1 is 1.31 bits per heavy atom. The minimum Gasteiger partial charge on any atom is -0.370 e. The van der Waals surface area contributed by atoms with Gasteiger partial charge in [-0.1, -0.05) is 18.2 Å². The van der Waals surface area contributed by atoms with Gasteiger partial charge in [-0.2, -0.15) is 0 Å². The second-order valence-corrected chi connectivity index (χ2v) is 10.5. The van der Waals surface area contributed by atoms with Crippen molar-refractivity contribution in [2.24, 2.45) is 11.8 Å². The first kappa shape index (κ1) is 18.4. The maximum absolute atomic E-state index is 11.9. The topological polar surface area (TPSA) is 58.6 Å². The Kier molecular flexibility index (Phi) is 4.66. The van der Waals surface area contributed by atoms with Crippen LogP contribution in [-0.2, 0) is 21.3 Å². The second kappa shape index (κ2) is 6.59. The number of nitrogens with one attached hydrogen (secondary N) is 1. The van der Waals surface area contributed by atoms with Gasteiger partial charge in [0.25, 0.3) is 0 Å². The fraction of sp³-hybridized carbons (Fsp3) is 0.700. The standard InChI is InChI=1S/C20H30N2O3S/c1-4-26(23,24)21-10-17-18-12-22(13-20(18)8-7-19(17)25-20)11-16-6-5-14(2)15(3)9-16/h5-6,9,17-19,21H,4,7-8,10-13H2,1-3H3/t17-,18+,19+,20+/m0/s1. The van der Waals surface area contributed by atoms with Crippen LogP contribution in [0.1, 0.15) is 36.5 Å². The van der Waals surface area contributed by atoms with Crippen molar-refractivity contribution in [3.05, 3.63) is 34.9 Å². The van der Waals surface area contributed by atoms with Gasteiger partial charge in [-0.25, -0.2) is 13.1 Å². The van der Waals surface area contributed by atoms with E-state index in [2.05, 4.69) is 41.7 Å². The van der Waals surface area contributed by atoms with E-state index in [0.717, 1.165) is 32.5 Å². The van der Waals surface area contributed by atoms with E-state index in [0.29, 0.717) is 18.4 Å². The average molecular weight is 379 g/mol. The number of sulfonamides is 1. The molecule has 0 radical (unpaired) electrons. The molecule has 3 aliphatic heterocycles. The summed E-state index contributed by atoms with van der Waals surface area (Å²) < 4.78 is 32.9. The van der Waals surface area contributed by atoms with Crippen LogP contribution in [0.4, 0.5) is 0 Å². The van der Waals surface area contributed by atoms with Gasteiger partial charge in [-0.3, -0.25) is 4.90 Å². The number of ether oxygens (including phenoxy) is 1. The highest BCUT2D eigenvalue weighted by atomic mass is 32.2. The van der Waals surface area contributed by atoms with E-state index in [1.54, 1.807) is 6.92 Å². The molecule has 3 saturated heterocycles. The van der Waals surface area contributed by atoms with Crippen LogP contribution in [0.3, 0.4) is 0 Å². The lowest BCUT2D eigenvalue weighted by atomic mass is 9.74. The number of hydrogen-bond acceptors (Lipinski definition) is 4. The Morgan fingerprint density at radius 2 is 2.12 bits per heavy atom. The Hall–Kier alpha value is -0.950. The van der Waals surface area contributed by atoms with Gasteiger partial charge in [-0.05, 0) is 50.3 Å². The monoisotopic (exact) mass is 378 g/mol. The fourth-order valence-corrected chi connectivity index (χ4v) is 5.82. The van der Waals surface area contributed by atoms with Gasteiger partial charge in [0.2, 0.25) is 10.0 Å². The highest BCUT2D eigenvalue weighted by Gasteiger charge is 2.62. The van der Waals surface area contributed by atoms with Crippen LogP contribution < -0.4 is 4.72 Å². The van der Waals surface area contributed by atoms with E-state index in [1.807, 2.05) is 0 Å². The van der Waals surface area contributed by atoms with Crippen LogP contribution in [0.25, 0.3) is 0 Å². The molecule has 3 fully saturated rings. The number of aryl methyl sites for hydroxylation is 2. The zero-order valence-corrected chi connectivity index (χ0v) is 16.8. The van der Waals surface area contributed by atoms with Gasteiger partial charge in [0.15, 0.2) is 0 Å². The molecular weight excluding hydrogens is 348 g/mol. The normalized spacial score (nSPS) is 33.7. The van der Waals surface area contributed by atoms with E-state index < -0.39 is 10.0 Å². The molecule has 4 rings (SSSR count). The molecule has 0 aromatic heterocycles. The molecule has 3 heterocycles. The van der Waals surface area contributed by atoms with Crippen molar-refractivity contribution in [2.75, 3.05) is 25.4 Å². The highest BCUT2D eigenvalue weighted by Crippen LogP contribution is 2.54. The van der Waals surface area contributed by atoms with E-state index >= 15 is 0 Å². The van der Waals surface area contributed by atoms with Crippen molar-refractivity contribution >= 4 is 10.0 Å². The second-order valence-electron chi connectivity index (χ2n) is 8.37. The van der Waals surface area contributed by atoms with Crippen molar-refractivity contribution < 1.29 is 13.2 Å². The van der Waals surface area contributed by atoms with Crippen LogP contribution in [0, 0.1) is 25.7 Å². The molecule has 0 unspecified atom stereocenters. The third kappa shape index (κ3) is 3.21. The highest BCUT2D eigenvalue weighted by molar-refractivity contribution is 7.89. The molecule has 2 bridgehead atoms. The lowest BCUT2D eigenvalue weighted by Crippen LogP contribution is -2.42. The van der Waals surface area contributed by atoms with E-state index in [9.17, 15) is 8.42 Å². The lowest BCUT2D eigenvalue weighted by molar-refractivity contribution is 0.00220. The lowest BCUT2D eigenvalue weighted by Gasteiger charge is -2.29. The number of fused-ring (bicyclic) bond motifs is 1. The largest absolute Gasteiger partial charge is 0.370 e. The summed E-state index contributed by atoms with van der Waals surface area (Å²) in [5, 5.41) is 0. The number of nitrogens with zero attached hydrogens (tertiary/aromatic N) is 1. The number of rotatable bonds is 6. The molecule has 0 aliphatic carbocycles. The van der Waals surface area contributed by atoms with Crippen LogP contribution >= 0.6 is 0 Å². The molecule has 144 valence electrons. The van der Waals surface area contributed by atoms with Gasteiger partial charge in [0, 0.05) is 38.0 Å². The van der Waals surface area contributed by atoms with Crippen LogP contribution in [0.2, 0.25) is 0 Å². The van der Waals surface area contributed by atoms with E-state index in [4.69, 9.17) is 4.74 Å². The predicted octanol–water partition coefficient (Wildman–Crippen LogP) is 2.22. The summed E-state index contributed by atoms with van der Waals surface area (Å²) in [6, 6.07) is 6.70. The third-order valence-electron chi connectivity index (χ3n) is 6.75. The first-order valence-corrected chi connectivity index (χ1v) is 11.4. The number of benzene rings is 1. The van der Waals surface area contributed by atoms with Gasteiger partial charge in [-0.15, -0.1) is 0 Å². The predicted molar refractivity (Wildman–Crippen MR) is 102 cm³/mol. The summed E-state index contributed by atoms with van der Waals surface area (Å²) in [6.07, 6.45) is 2.40. The molecule has 3 aliphatic rings. The average Bonchev–Trinajstić information content (AvgIpc) is 3.24. The zero-order valence-electron chi connectivity index (χ0n) is 16.0. The summed E-state index contributed by atoms with van der Waals surface area (Å²) in [7, 11) is -3.14. The molecule has 5 nitrogen and oxygen atoms in total. The molecule has 0 amide bonds. The molecule has 6 heteroatoms. The molecule has 1 aromatic rings. The van der Waals surface area contributed by atoms with Gasteiger partial charge < -0.3 is 4.74 Å². The third-order valence-corrected chi connectivity index (χ3v) is 8.12. The van der Waals surface area contributed by atoms with Crippen molar-refractivity contribution in [1.82, 2.24) is 9.62 Å². The quantitative estimate of drug-likeness (QED) is 0.825. The molecular formula is C20H30N2O3S. The molecule has 0 saturated carbocycles. The first-order valence-electron chi connectivity index (χ1n) is 9.75. The zero-order chi connectivity index (χ0) is 18.5. The van der Waals surface area contributed by atoms with Gasteiger partial charge in [0.1, 0.15) is 0 Å². The summed E-state index contributed by atoms with van der Waals surface area (Å²) >= 11 is 0. The summed E-state index contributed by atoms with van der Waals surface area (Å²) in [6.45, 7) is 9.43. The smallest absolute Gasteiger partial charge is 0.211 e.